The van der Waals surface area contributed by atoms with Gasteiger partial charge >= 0.3 is 5.97 Å². The fourth-order valence-electron chi connectivity index (χ4n) is 1.60. The summed E-state index contributed by atoms with van der Waals surface area (Å²) in [6, 6.07) is 3.50. The predicted molar refractivity (Wildman–Crippen MR) is 64.9 cm³/mol. The van der Waals surface area contributed by atoms with E-state index in [1.54, 1.807) is 6.07 Å². The third-order valence-electron chi connectivity index (χ3n) is 2.56. The fourth-order valence-corrected chi connectivity index (χ4v) is 1.60. The van der Waals surface area contributed by atoms with E-state index in [-0.39, 0.29) is 18.8 Å². The molecule has 0 aromatic heterocycles. The van der Waals surface area contributed by atoms with Gasteiger partial charge in [0, 0.05) is 12.0 Å². The number of carboxylic acid groups (broad SMARTS) is 1. The molecular weight excluding hydrogens is 250 g/mol. The van der Waals surface area contributed by atoms with Crippen LogP contribution in [0.15, 0.2) is 18.2 Å². The van der Waals surface area contributed by atoms with E-state index in [9.17, 15) is 9.59 Å². The number of rotatable bonds is 4. The van der Waals surface area contributed by atoms with Crippen LogP contribution in [0.1, 0.15) is 16.8 Å². The van der Waals surface area contributed by atoms with Crippen LogP contribution in [0.3, 0.4) is 0 Å². The lowest BCUT2D eigenvalue weighted by atomic mass is 10.1. The van der Waals surface area contributed by atoms with Gasteiger partial charge in [-0.25, -0.2) is 4.79 Å². The summed E-state index contributed by atoms with van der Waals surface area (Å²) in [5.74, 6) is 1.51. The van der Waals surface area contributed by atoms with Crippen LogP contribution in [-0.2, 0) is 4.79 Å². The van der Waals surface area contributed by atoms with Gasteiger partial charge in [0.1, 0.15) is 6.04 Å². The van der Waals surface area contributed by atoms with Crippen LogP contribution in [0.25, 0.3) is 0 Å². The number of hydrogen-bond acceptors (Lipinski definition) is 4. The molecule has 1 amide bonds. The minimum absolute atomic E-state index is 0.0778. The summed E-state index contributed by atoms with van der Waals surface area (Å²) < 4.78 is 10.3. The summed E-state index contributed by atoms with van der Waals surface area (Å²) in [7, 11) is 0. The van der Waals surface area contributed by atoms with E-state index in [2.05, 4.69) is 11.2 Å². The Morgan fingerprint density at radius 1 is 1.42 bits per heavy atom. The quantitative estimate of drug-likeness (QED) is 0.776. The van der Waals surface area contributed by atoms with E-state index in [1.165, 1.54) is 12.1 Å². The molecule has 2 N–H and O–H groups in total. The minimum Gasteiger partial charge on any atom is -0.480 e. The number of fused-ring (bicyclic) bond motifs is 1. The van der Waals surface area contributed by atoms with E-state index < -0.39 is 17.9 Å². The molecule has 0 saturated heterocycles. The molecule has 1 aromatic carbocycles. The number of amides is 1. The first kappa shape index (κ1) is 12.8. The van der Waals surface area contributed by atoms with Gasteiger partial charge < -0.3 is 19.9 Å². The smallest absolute Gasteiger partial charge is 0.327 e. The normalized spacial score (nSPS) is 13.4. The second-order valence-electron chi connectivity index (χ2n) is 3.84. The third-order valence-corrected chi connectivity index (χ3v) is 2.56. The number of nitrogens with one attached hydrogen (secondary N) is 1. The highest BCUT2D eigenvalue weighted by molar-refractivity contribution is 5.97. The van der Waals surface area contributed by atoms with Gasteiger partial charge in [-0.15, -0.1) is 12.3 Å². The zero-order valence-corrected chi connectivity index (χ0v) is 9.88. The zero-order chi connectivity index (χ0) is 13.8. The number of hydrogen-bond donors (Lipinski definition) is 2. The maximum absolute atomic E-state index is 11.9. The van der Waals surface area contributed by atoms with E-state index in [1.807, 2.05) is 0 Å². The summed E-state index contributed by atoms with van der Waals surface area (Å²) in [6.45, 7) is 0.106. The molecule has 1 aromatic rings. The second-order valence-corrected chi connectivity index (χ2v) is 3.84. The standard InChI is InChI=1S/C13H11NO5/c1-2-3-9(13(16)17)14-12(15)8-4-5-10-11(6-8)19-7-18-10/h1,4-6,9H,3,7H2,(H,14,15)(H,16,17). The maximum atomic E-state index is 11.9. The zero-order valence-electron chi connectivity index (χ0n) is 9.88. The Morgan fingerprint density at radius 2 is 2.16 bits per heavy atom. The van der Waals surface area contributed by atoms with Crippen LogP contribution < -0.4 is 14.8 Å². The van der Waals surface area contributed by atoms with E-state index in [4.69, 9.17) is 21.0 Å². The van der Waals surface area contributed by atoms with Crippen LogP contribution in [0.2, 0.25) is 0 Å². The molecular formula is C13H11NO5. The van der Waals surface area contributed by atoms with Crippen LogP contribution in [0.4, 0.5) is 0 Å². The lowest BCUT2D eigenvalue weighted by Gasteiger charge is -2.11. The van der Waals surface area contributed by atoms with Crippen molar-refractivity contribution in [2.75, 3.05) is 6.79 Å². The monoisotopic (exact) mass is 261 g/mol. The molecule has 1 heterocycles. The van der Waals surface area contributed by atoms with Gasteiger partial charge in [0.25, 0.3) is 5.91 Å². The third kappa shape index (κ3) is 2.77. The summed E-state index contributed by atoms with van der Waals surface area (Å²) in [5.41, 5.74) is 0.285. The van der Waals surface area contributed by atoms with E-state index >= 15 is 0 Å². The van der Waals surface area contributed by atoms with Crippen molar-refractivity contribution < 1.29 is 24.2 Å². The summed E-state index contributed by atoms with van der Waals surface area (Å²) >= 11 is 0. The lowest BCUT2D eigenvalue weighted by molar-refractivity contribution is -0.139. The van der Waals surface area contributed by atoms with Gasteiger partial charge in [-0.05, 0) is 18.2 Å². The summed E-state index contributed by atoms with van der Waals surface area (Å²) in [6.07, 6.45) is 4.98. The van der Waals surface area contributed by atoms with Gasteiger partial charge in [-0.1, -0.05) is 0 Å². The SMILES string of the molecule is C#CCC(NC(=O)c1ccc2c(c1)OCO2)C(=O)O. The van der Waals surface area contributed by atoms with Crippen molar-refractivity contribution >= 4 is 11.9 Å². The Bertz CT molecular complexity index is 561. The number of aliphatic carboxylic acids is 1. The molecule has 19 heavy (non-hydrogen) atoms. The second kappa shape index (κ2) is 5.31. The Balaban J connectivity index is 2.11. The van der Waals surface area contributed by atoms with Crippen LogP contribution >= 0.6 is 0 Å². The van der Waals surface area contributed by atoms with Gasteiger partial charge in [-0.2, -0.15) is 0 Å². The Hall–Kier alpha value is -2.68. The molecule has 6 heteroatoms. The van der Waals surface area contributed by atoms with E-state index in [0.717, 1.165) is 0 Å². The number of carbonyl (C=O) groups is 2. The van der Waals surface area contributed by atoms with Crippen molar-refractivity contribution in [2.45, 2.75) is 12.5 Å². The van der Waals surface area contributed by atoms with Crippen LogP contribution in [-0.4, -0.2) is 29.8 Å². The van der Waals surface area contributed by atoms with Crippen molar-refractivity contribution in [2.24, 2.45) is 0 Å². The number of ether oxygens (including phenoxy) is 2. The minimum atomic E-state index is -1.17. The van der Waals surface area contributed by atoms with Crippen molar-refractivity contribution in [3.8, 4) is 23.8 Å². The molecule has 2 rings (SSSR count). The average molecular weight is 261 g/mol. The molecule has 98 valence electrons. The molecule has 0 radical (unpaired) electrons. The van der Waals surface area contributed by atoms with Crippen molar-refractivity contribution in [3.63, 3.8) is 0 Å². The molecule has 0 spiro atoms. The average Bonchev–Trinajstić information content (AvgIpc) is 2.85. The highest BCUT2D eigenvalue weighted by Gasteiger charge is 2.21. The largest absolute Gasteiger partial charge is 0.480 e. The number of carbonyl (C=O) groups excluding carboxylic acids is 1. The summed E-state index contributed by atoms with van der Waals surface area (Å²) in [4.78, 5) is 22.8. The fraction of sp³-hybridized carbons (Fsp3) is 0.231. The van der Waals surface area contributed by atoms with Crippen LogP contribution in [0, 0.1) is 12.3 Å². The molecule has 1 aliphatic rings. The van der Waals surface area contributed by atoms with Crippen molar-refractivity contribution in [1.29, 1.82) is 0 Å². The van der Waals surface area contributed by atoms with Gasteiger partial charge in [-0.3, -0.25) is 4.79 Å². The van der Waals surface area contributed by atoms with Crippen molar-refractivity contribution in [1.82, 2.24) is 5.32 Å². The van der Waals surface area contributed by atoms with Gasteiger partial charge in [0.15, 0.2) is 11.5 Å². The van der Waals surface area contributed by atoms with Gasteiger partial charge in [0.05, 0.1) is 0 Å². The number of carboxylic acids is 1. The molecule has 6 nitrogen and oxygen atoms in total. The van der Waals surface area contributed by atoms with Gasteiger partial charge in [0.2, 0.25) is 6.79 Å². The lowest BCUT2D eigenvalue weighted by Crippen LogP contribution is -2.40. The molecule has 0 aliphatic carbocycles. The molecule has 1 unspecified atom stereocenters. The van der Waals surface area contributed by atoms with Crippen LogP contribution in [0.5, 0.6) is 11.5 Å². The molecule has 0 saturated carbocycles. The number of terminal acetylenes is 1. The first-order valence-corrected chi connectivity index (χ1v) is 5.48. The van der Waals surface area contributed by atoms with Crippen molar-refractivity contribution in [3.05, 3.63) is 23.8 Å². The Kier molecular flexibility index (Phi) is 3.57. The predicted octanol–water partition coefficient (Wildman–Crippen LogP) is 0.622. The maximum Gasteiger partial charge on any atom is 0.327 e. The summed E-state index contributed by atoms with van der Waals surface area (Å²) in [5, 5.41) is 11.2. The highest BCUT2D eigenvalue weighted by Crippen LogP contribution is 2.32. The first-order valence-electron chi connectivity index (χ1n) is 5.48. The Morgan fingerprint density at radius 3 is 2.84 bits per heavy atom. The topological polar surface area (TPSA) is 84.9 Å². The Labute approximate surface area is 109 Å². The molecule has 1 aliphatic heterocycles. The molecule has 0 fully saturated rings. The first-order chi connectivity index (χ1) is 9.11. The molecule has 1 atom stereocenters. The highest BCUT2D eigenvalue weighted by atomic mass is 16.7. The number of benzene rings is 1. The molecule has 0 bridgehead atoms. The van der Waals surface area contributed by atoms with E-state index in [0.29, 0.717) is 11.5 Å².